The number of benzene rings is 1. The predicted octanol–water partition coefficient (Wildman–Crippen LogP) is 2.36. The molecule has 5 heteroatoms. The fourth-order valence-corrected chi connectivity index (χ4v) is 2.35. The van der Waals surface area contributed by atoms with E-state index in [1.165, 1.54) is 0 Å². The lowest BCUT2D eigenvalue weighted by Crippen LogP contribution is -1.93. The summed E-state index contributed by atoms with van der Waals surface area (Å²) < 4.78 is 6.98. The SMILES string of the molecule is COCc1cc(-c2nn(C)c3ccc(N)cc23)ccn1. The van der Waals surface area contributed by atoms with Gasteiger partial charge in [0.25, 0.3) is 0 Å². The summed E-state index contributed by atoms with van der Waals surface area (Å²) in [5.74, 6) is 0. The maximum absolute atomic E-state index is 5.89. The van der Waals surface area contributed by atoms with Gasteiger partial charge in [-0.2, -0.15) is 5.10 Å². The summed E-state index contributed by atoms with van der Waals surface area (Å²) in [5.41, 5.74) is 10.5. The molecule has 2 heterocycles. The van der Waals surface area contributed by atoms with Crippen LogP contribution in [-0.2, 0) is 18.4 Å². The third-order valence-corrected chi connectivity index (χ3v) is 3.26. The molecule has 0 amide bonds. The van der Waals surface area contributed by atoms with Gasteiger partial charge in [-0.1, -0.05) is 0 Å². The summed E-state index contributed by atoms with van der Waals surface area (Å²) in [6.07, 6.45) is 1.77. The van der Waals surface area contributed by atoms with E-state index in [1.54, 1.807) is 13.3 Å². The maximum atomic E-state index is 5.89. The number of methoxy groups -OCH3 is 1. The molecule has 0 saturated heterocycles. The molecule has 3 rings (SSSR count). The lowest BCUT2D eigenvalue weighted by molar-refractivity contribution is 0.181. The van der Waals surface area contributed by atoms with Crippen molar-refractivity contribution >= 4 is 16.6 Å². The van der Waals surface area contributed by atoms with Gasteiger partial charge < -0.3 is 10.5 Å². The fourth-order valence-electron chi connectivity index (χ4n) is 2.35. The summed E-state index contributed by atoms with van der Waals surface area (Å²) in [4.78, 5) is 4.27. The van der Waals surface area contributed by atoms with E-state index >= 15 is 0 Å². The zero-order valence-electron chi connectivity index (χ0n) is 11.5. The molecular weight excluding hydrogens is 252 g/mol. The van der Waals surface area contributed by atoms with Gasteiger partial charge in [0, 0.05) is 37.0 Å². The topological polar surface area (TPSA) is 66.0 Å². The van der Waals surface area contributed by atoms with Crippen LogP contribution in [0.4, 0.5) is 5.69 Å². The molecule has 0 saturated carbocycles. The molecule has 0 aliphatic heterocycles. The van der Waals surface area contributed by atoms with Gasteiger partial charge in [-0.05, 0) is 30.3 Å². The Bertz CT molecular complexity index is 764. The van der Waals surface area contributed by atoms with Crippen molar-refractivity contribution < 1.29 is 4.74 Å². The van der Waals surface area contributed by atoms with Crippen LogP contribution in [0, 0.1) is 0 Å². The molecule has 1 aromatic carbocycles. The zero-order valence-corrected chi connectivity index (χ0v) is 11.5. The number of pyridine rings is 1. The number of rotatable bonds is 3. The summed E-state index contributed by atoms with van der Waals surface area (Å²) in [6, 6.07) is 9.77. The average Bonchev–Trinajstić information content (AvgIpc) is 2.76. The van der Waals surface area contributed by atoms with Crippen molar-refractivity contribution in [1.29, 1.82) is 0 Å². The number of nitrogens with zero attached hydrogens (tertiary/aromatic N) is 3. The van der Waals surface area contributed by atoms with Crippen LogP contribution in [-0.4, -0.2) is 21.9 Å². The first-order valence-electron chi connectivity index (χ1n) is 6.35. The van der Waals surface area contributed by atoms with E-state index in [1.807, 2.05) is 42.1 Å². The Hall–Kier alpha value is -2.40. The van der Waals surface area contributed by atoms with Crippen LogP contribution in [0.5, 0.6) is 0 Å². The van der Waals surface area contributed by atoms with Crippen molar-refractivity contribution in [2.75, 3.05) is 12.8 Å². The molecule has 0 aliphatic carbocycles. The van der Waals surface area contributed by atoms with E-state index in [2.05, 4.69) is 10.1 Å². The van der Waals surface area contributed by atoms with E-state index in [4.69, 9.17) is 10.5 Å². The zero-order chi connectivity index (χ0) is 14.1. The first-order valence-corrected chi connectivity index (χ1v) is 6.35. The Morgan fingerprint density at radius 3 is 2.90 bits per heavy atom. The molecular formula is C15H16N4O. The van der Waals surface area contributed by atoms with Crippen LogP contribution in [0.15, 0.2) is 36.5 Å². The summed E-state index contributed by atoms with van der Waals surface area (Å²) in [7, 11) is 3.59. The van der Waals surface area contributed by atoms with Gasteiger partial charge in [-0.3, -0.25) is 9.67 Å². The Balaban J connectivity index is 2.18. The highest BCUT2D eigenvalue weighted by molar-refractivity contribution is 5.95. The Morgan fingerprint density at radius 2 is 2.10 bits per heavy atom. The van der Waals surface area contributed by atoms with Gasteiger partial charge >= 0.3 is 0 Å². The number of nitrogen functional groups attached to an aromatic ring is 1. The molecule has 0 bridgehead atoms. The molecule has 2 aromatic heterocycles. The van der Waals surface area contributed by atoms with Gasteiger partial charge in [-0.25, -0.2) is 0 Å². The number of fused-ring (bicyclic) bond motifs is 1. The van der Waals surface area contributed by atoms with Gasteiger partial charge in [-0.15, -0.1) is 0 Å². The van der Waals surface area contributed by atoms with Crippen LogP contribution in [0.3, 0.4) is 0 Å². The van der Waals surface area contributed by atoms with Gasteiger partial charge in [0.15, 0.2) is 0 Å². The molecule has 0 fully saturated rings. The number of aryl methyl sites for hydroxylation is 1. The van der Waals surface area contributed by atoms with E-state index in [0.717, 1.165) is 33.5 Å². The highest BCUT2D eigenvalue weighted by Gasteiger charge is 2.11. The monoisotopic (exact) mass is 268 g/mol. The third-order valence-electron chi connectivity index (χ3n) is 3.26. The van der Waals surface area contributed by atoms with Gasteiger partial charge in [0.1, 0.15) is 5.69 Å². The first-order chi connectivity index (χ1) is 9.69. The number of ether oxygens (including phenoxy) is 1. The second-order valence-corrected chi connectivity index (χ2v) is 4.72. The highest BCUT2D eigenvalue weighted by Crippen LogP contribution is 2.29. The lowest BCUT2D eigenvalue weighted by Gasteiger charge is -2.02. The predicted molar refractivity (Wildman–Crippen MR) is 79.1 cm³/mol. The largest absolute Gasteiger partial charge is 0.399 e. The van der Waals surface area contributed by atoms with Crippen LogP contribution in [0.2, 0.25) is 0 Å². The number of nitrogens with two attached hydrogens (primary N) is 1. The molecule has 0 radical (unpaired) electrons. The molecule has 0 aliphatic rings. The van der Waals surface area contributed by atoms with Crippen molar-refractivity contribution in [1.82, 2.24) is 14.8 Å². The van der Waals surface area contributed by atoms with Crippen LogP contribution >= 0.6 is 0 Å². The molecule has 5 nitrogen and oxygen atoms in total. The molecule has 3 aromatic rings. The second kappa shape index (κ2) is 4.94. The number of anilines is 1. The average molecular weight is 268 g/mol. The summed E-state index contributed by atoms with van der Waals surface area (Å²) >= 11 is 0. The summed E-state index contributed by atoms with van der Waals surface area (Å²) in [5, 5.41) is 5.64. The minimum atomic E-state index is 0.487. The van der Waals surface area contributed by atoms with Gasteiger partial charge in [0.05, 0.1) is 17.8 Å². The number of hydrogen-bond donors (Lipinski definition) is 1. The maximum Gasteiger partial charge on any atom is 0.100 e. The van der Waals surface area contributed by atoms with Crippen molar-refractivity contribution in [3.05, 3.63) is 42.2 Å². The molecule has 102 valence electrons. The Morgan fingerprint density at radius 1 is 1.25 bits per heavy atom. The van der Waals surface area contributed by atoms with Crippen molar-refractivity contribution in [2.45, 2.75) is 6.61 Å². The second-order valence-electron chi connectivity index (χ2n) is 4.72. The Kier molecular flexibility index (Phi) is 3.12. The first kappa shape index (κ1) is 12.6. The van der Waals surface area contributed by atoms with E-state index in [9.17, 15) is 0 Å². The number of aromatic nitrogens is 3. The molecule has 0 atom stereocenters. The summed E-state index contributed by atoms with van der Waals surface area (Å²) in [6.45, 7) is 0.487. The fraction of sp³-hybridized carbons (Fsp3) is 0.200. The normalized spacial score (nSPS) is 11.1. The highest BCUT2D eigenvalue weighted by atomic mass is 16.5. The molecule has 2 N–H and O–H groups in total. The quantitative estimate of drug-likeness (QED) is 0.740. The van der Waals surface area contributed by atoms with Crippen LogP contribution in [0.25, 0.3) is 22.2 Å². The third kappa shape index (κ3) is 2.12. The minimum absolute atomic E-state index is 0.487. The van der Waals surface area contributed by atoms with Gasteiger partial charge in [0.2, 0.25) is 0 Å². The van der Waals surface area contributed by atoms with Crippen molar-refractivity contribution in [3.63, 3.8) is 0 Å². The molecule has 0 unspecified atom stereocenters. The van der Waals surface area contributed by atoms with Crippen LogP contribution < -0.4 is 5.73 Å². The van der Waals surface area contributed by atoms with E-state index < -0.39 is 0 Å². The smallest absolute Gasteiger partial charge is 0.100 e. The number of hydrogen-bond acceptors (Lipinski definition) is 4. The van der Waals surface area contributed by atoms with E-state index in [0.29, 0.717) is 6.61 Å². The standard InChI is InChI=1S/C15H16N4O/c1-19-14-4-3-11(16)8-13(14)15(18-19)10-5-6-17-12(7-10)9-20-2/h3-8H,9,16H2,1-2H3. The van der Waals surface area contributed by atoms with Crippen molar-refractivity contribution in [2.24, 2.45) is 7.05 Å². The molecule has 20 heavy (non-hydrogen) atoms. The minimum Gasteiger partial charge on any atom is -0.399 e. The molecule has 0 spiro atoms. The van der Waals surface area contributed by atoms with Crippen LogP contribution in [0.1, 0.15) is 5.69 Å². The Labute approximate surface area is 117 Å². The van der Waals surface area contributed by atoms with E-state index in [-0.39, 0.29) is 0 Å². The lowest BCUT2D eigenvalue weighted by atomic mass is 10.1. The van der Waals surface area contributed by atoms with Crippen molar-refractivity contribution in [3.8, 4) is 11.3 Å².